The Morgan fingerprint density at radius 2 is 1.90 bits per heavy atom. The van der Waals surface area contributed by atoms with E-state index in [9.17, 15) is 0 Å². The molecule has 1 saturated carbocycles. The smallest absolute Gasteiger partial charge is 0.169 e. The normalized spacial score (nSPS) is 13.7. The Morgan fingerprint density at radius 1 is 1.14 bits per heavy atom. The van der Waals surface area contributed by atoms with E-state index in [1.54, 1.807) is 6.20 Å². The van der Waals surface area contributed by atoms with Crippen molar-refractivity contribution in [3.05, 3.63) is 66.0 Å². The van der Waals surface area contributed by atoms with Crippen LogP contribution in [0.4, 0.5) is 0 Å². The number of aromatic nitrogens is 1. The molecule has 3 nitrogen and oxygen atoms in total. The molecule has 1 aliphatic rings. The molecule has 0 bridgehead atoms. The Bertz CT molecular complexity index is 581. The molecule has 1 aromatic heterocycles. The van der Waals surface area contributed by atoms with Gasteiger partial charge in [-0.15, -0.1) is 0 Å². The molecule has 0 atom stereocenters. The van der Waals surface area contributed by atoms with Crippen LogP contribution in [0.5, 0.6) is 0 Å². The van der Waals surface area contributed by atoms with Gasteiger partial charge in [0.25, 0.3) is 0 Å². The Balaban J connectivity index is 1.60. The molecule has 0 spiro atoms. The maximum absolute atomic E-state index is 5.58. The lowest BCUT2D eigenvalue weighted by atomic mass is 10.2. The van der Waals surface area contributed by atoms with E-state index in [1.165, 1.54) is 24.0 Å². The summed E-state index contributed by atoms with van der Waals surface area (Å²) in [6.07, 6.45) is 6.17. The molecular weight excluding hydrogens is 278 g/mol. The summed E-state index contributed by atoms with van der Waals surface area (Å²) in [5.74, 6) is 0. The van der Waals surface area contributed by atoms with Gasteiger partial charge in [0.1, 0.15) is 0 Å². The van der Waals surface area contributed by atoms with E-state index in [1.807, 2.05) is 30.5 Å². The zero-order chi connectivity index (χ0) is 14.5. The molecule has 1 aliphatic carbocycles. The SMILES string of the molecule is S=C(NCc1ccccc1)N(Cc1cccnc1)C1CC1. The third-order valence-corrected chi connectivity index (χ3v) is 3.99. The third kappa shape index (κ3) is 4.02. The summed E-state index contributed by atoms with van der Waals surface area (Å²) in [7, 11) is 0. The average molecular weight is 297 g/mol. The second-order valence-corrected chi connectivity index (χ2v) is 5.75. The number of thiocarbonyl (C=S) groups is 1. The van der Waals surface area contributed by atoms with Gasteiger partial charge < -0.3 is 10.2 Å². The summed E-state index contributed by atoms with van der Waals surface area (Å²) in [4.78, 5) is 6.47. The lowest BCUT2D eigenvalue weighted by Gasteiger charge is -2.25. The van der Waals surface area contributed by atoms with E-state index >= 15 is 0 Å². The summed E-state index contributed by atoms with van der Waals surface area (Å²) < 4.78 is 0. The van der Waals surface area contributed by atoms with Crippen LogP contribution in [-0.4, -0.2) is 21.0 Å². The van der Waals surface area contributed by atoms with E-state index in [-0.39, 0.29) is 0 Å². The number of benzene rings is 1. The van der Waals surface area contributed by atoms with Gasteiger partial charge in [-0.05, 0) is 42.3 Å². The molecule has 21 heavy (non-hydrogen) atoms. The first-order valence-electron chi connectivity index (χ1n) is 7.30. The standard InChI is InChI=1S/C17H19N3S/c21-17(19-12-14-5-2-1-3-6-14)20(16-8-9-16)13-15-7-4-10-18-11-15/h1-7,10-11,16H,8-9,12-13H2,(H,19,21). The Morgan fingerprint density at radius 3 is 2.57 bits per heavy atom. The van der Waals surface area contributed by atoms with Crippen LogP contribution in [0.1, 0.15) is 24.0 Å². The zero-order valence-electron chi connectivity index (χ0n) is 11.9. The topological polar surface area (TPSA) is 28.2 Å². The predicted molar refractivity (Wildman–Crippen MR) is 88.7 cm³/mol. The van der Waals surface area contributed by atoms with Crippen molar-refractivity contribution in [1.82, 2.24) is 15.2 Å². The number of rotatable bonds is 5. The van der Waals surface area contributed by atoms with Crippen molar-refractivity contribution in [1.29, 1.82) is 0 Å². The summed E-state index contributed by atoms with van der Waals surface area (Å²) in [6.45, 7) is 1.61. The molecule has 1 fully saturated rings. The van der Waals surface area contributed by atoms with Crippen LogP contribution in [-0.2, 0) is 13.1 Å². The third-order valence-electron chi connectivity index (χ3n) is 3.61. The number of hydrogen-bond donors (Lipinski definition) is 1. The van der Waals surface area contributed by atoms with Gasteiger partial charge in [-0.1, -0.05) is 36.4 Å². The average Bonchev–Trinajstić information content (AvgIpc) is 3.37. The molecule has 1 aromatic carbocycles. The molecule has 108 valence electrons. The van der Waals surface area contributed by atoms with Gasteiger partial charge in [-0.2, -0.15) is 0 Å². The first-order valence-corrected chi connectivity index (χ1v) is 7.71. The molecule has 0 radical (unpaired) electrons. The summed E-state index contributed by atoms with van der Waals surface area (Å²) >= 11 is 5.58. The van der Waals surface area contributed by atoms with Crippen molar-refractivity contribution in [2.45, 2.75) is 32.0 Å². The molecule has 3 rings (SSSR count). The van der Waals surface area contributed by atoms with Gasteiger partial charge in [0.05, 0.1) is 0 Å². The first-order chi connectivity index (χ1) is 10.3. The minimum absolute atomic E-state index is 0.584. The minimum Gasteiger partial charge on any atom is -0.358 e. The Hall–Kier alpha value is -1.94. The molecule has 0 saturated heterocycles. The molecule has 0 unspecified atom stereocenters. The van der Waals surface area contributed by atoms with Crippen LogP contribution in [0, 0.1) is 0 Å². The van der Waals surface area contributed by atoms with Crippen LogP contribution in [0.2, 0.25) is 0 Å². The van der Waals surface area contributed by atoms with Gasteiger partial charge in [0.15, 0.2) is 5.11 Å². The number of hydrogen-bond acceptors (Lipinski definition) is 2. The highest BCUT2D eigenvalue weighted by Gasteiger charge is 2.30. The zero-order valence-corrected chi connectivity index (χ0v) is 12.7. The van der Waals surface area contributed by atoms with Crippen LogP contribution < -0.4 is 5.32 Å². The van der Waals surface area contributed by atoms with Crippen LogP contribution >= 0.6 is 12.2 Å². The van der Waals surface area contributed by atoms with Crippen molar-refractivity contribution < 1.29 is 0 Å². The van der Waals surface area contributed by atoms with E-state index in [4.69, 9.17) is 12.2 Å². The van der Waals surface area contributed by atoms with Crippen LogP contribution in [0.25, 0.3) is 0 Å². The van der Waals surface area contributed by atoms with Gasteiger partial charge in [-0.3, -0.25) is 4.98 Å². The lowest BCUT2D eigenvalue weighted by Crippen LogP contribution is -2.40. The number of pyridine rings is 1. The lowest BCUT2D eigenvalue weighted by molar-refractivity contribution is 0.395. The van der Waals surface area contributed by atoms with E-state index in [0.717, 1.165) is 18.2 Å². The van der Waals surface area contributed by atoms with Crippen molar-refractivity contribution in [2.75, 3.05) is 0 Å². The van der Waals surface area contributed by atoms with Gasteiger partial charge in [0, 0.05) is 31.5 Å². The largest absolute Gasteiger partial charge is 0.358 e. The summed E-state index contributed by atoms with van der Waals surface area (Å²) in [6, 6.07) is 15.0. The molecule has 1 N–H and O–H groups in total. The van der Waals surface area contributed by atoms with Crippen LogP contribution in [0.3, 0.4) is 0 Å². The van der Waals surface area contributed by atoms with Crippen molar-refractivity contribution in [2.24, 2.45) is 0 Å². The van der Waals surface area contributed by atoms with Crippen molar-refractivity contribution >= 4 is 17.3 Å². The second kappa shape index (κ2) is 6.68. The molecule has 4 heteroatoms. The number of nitrogens with zero attached hydrogens (tertiary/aromatic N) is 2. The maximum atomic E-state index is 5.58. The van der Waals surface area contributed by atoms with E-state index in [2.05, 4.69) is 33.4 Å². The van der Waals surface area contributed by atoms with E-state index in [0.29, 0.717) is 6.04 Å². The monoisotopic (exact) mass is 297 g/mol. The van der Waals surface area contributed by atoms with Gasteiger partial charge in [-0.25, -0.2) is 0 Å². The highest BCUT2D eigenvalue weighted by molar-refractivity contribution is 7.80. The van der Waals surface area contributed by atoms with Gasteiger partial charge >= 0.3 is 0 Å². The summed E-state index contributed by atoms with van der Waals surface area (Å²) in [5, 5.41) is 4.22. The second-order valence-electron chi connectivity index (χ2n) is 5.36. The fourth-order valence-corrected chi connectivity index (χ4v) is 2.60. The molecule has 1 heterocycles. The highest BCUT2D eigenvalue weighted by atomic mass is 32.1. The van der Waals surface area contributed by atoms with Gasteiger partial charge in [0.2, 0.25) is 0 Å². The van der Waals surface area contributed by atoms with E-state index < -0.39 is 0 Å². The predicted octanol–water partition coefficient (Wildman–Crippen LogP) is 3.12. The minimum atomic E-state index is 0.584. The Kier molecular flexibility index (Phi) is 4.46. The highest BCUT2D eigenvalue weighted by Crippen LogP contribution is 2.28. The number of nitrogens with one attached hydrogen (secondary N) is 1. The van der Waals surface area contributed by atoms with Crippen LogP contribution in [0.15, 0.2) is 54.9 Å². The maximum Gasteiger partial charge on any atom is 0.169 e. The Labute approximate surface area is 131 Å². The molecule has 2 aromatic rings. The quantitative estimate of drug-likeness (QED) is 0.858. The fourth-order valence-electron chi connectivity index (χ4n) is 2.32. The first kappa shape index (κ1) is 14.0. The summed E-state index contributed by atoms with van der Waals surface area (Å²) in [5.41, 5.74) is 2.45. The van der Waals surface area contributed by atoms with Crippen molar-refractivity contribution in [3.63, 3.8) is 0 Å². The molecular formula is C17H19N3S. The molecule has 0 aliphatic heterocycles. The molecule has 0 amide bonds. The van der Waals surface area contributed by atoms with Crippen molar-refractivity contribution in [3.8, 4) is 0 Å². The fraction of sp³-hybridized carbons (Fsp3) is 0.294.